The number of rotatable bonds is 4. The van der Waals surface area contributed by atoms with E-state index in [0.717, 1.165) is 24.6 Å². The summed E-state index contributed by atoms with van der Waals surface area (Å²) in [5.41, 5.74) is 7.85. The Bertz CT molecular complexity index is 468. The molecular formula is C11H17N5. The maximum absolute atomic E-state index is 5.62. The van der Waals surface area contributed by atoms with Gasteiger partial charge < -0.3 is 10.3 Å². The van der Waals surface area contributed by atoms with E-state index in [9.17, 15) is 0 Å². The third-order valence-electron chi connectivity index (χ3n) is 2.60. The third kappa shape index (κ3) is 1.99. The van der Waals surface area contributed by atoms with Gasteiger partial charge in [0.1, 0.15) is 5.82 Å². The topological polar surface area (TPSA) is 61.7 Å². The number of aryl methyl sites for hydroxylation is 2. The average molecular weight is 219 g/mol. The lowest BCUT2D eigenvalue weighted by Crippen LogP contribution is -2.12. The highest BCUT2D eigenvalue weighted by Gasteiger charge is 2.07. The van der Waals surface area contributed by atoms with Crippen LogP contribution >= 0.6 is 0 Å². The molecule has 0 aliphatic heterocycles. The summed E-state index contributed by atoms with van der Waals surface area (Å²) in [6.07, 6.45) is 3.73. The van der Waals surface area contributed by atoms with Crippen LogP contribution in [0.3, 0.4) is 0 Å². The Labute approximate surface area is 94.9 Å². The van der Waals surface area contributed by atoms with Gasteiger partial charge in [-0.25, -0.2) is 4.98 Å². The van der Waals surface area contributed by atoms with Crippen molar-refractivity contribution in [3.63, 3.8) is 0 Å². The molecule has 0 aliphatic rings. The first-order valence-electron chi connectivity index (χ1n) is 5.48. The summed E-state index contributed by atoms with van der Waals surface area (Å²) in [6.45, 7) is 6.23. The molecule has 0 saturated carbocycles. The van der Waals surface area contributed by atoms with Crippen LogP contribution in [-0.4, -0.2) is 19.3 Å². The Morgan fingerprint density at radius 3 is 2.94 bits per heavy atom. The van der Waals surface area contributed by atoms with Crippen LogP contribution in [-0.2, 0) is 19.6 Å². The zero-order valence-electron chi connectivity index (χ0n) is 9.72. The molecule has 86 valence electrons. The zero-order valence-corrected chi connectivity index (χ0v) is 9.72. The van der Waals surface area contributed by atoms with E-state index in [-0.39, 0.29) is 0 Å². The molecule has 2 heterocycles. The lowest BCUT2D eigenvalue weighted by Gasteiger charge is -2.07. The van der Waals surface area contributed by atoms with E-state index >= 15 is 0 Å². The number of nitrogens with zero attached hydrogens (tertiary/aromatic N) is 4. The fourth-order valence-corrected chi connectivity index (χ4v) is 1.85. The van der Waals surface area contributed by atoms with Crippen molar-refractivity contribution in [3.8, 4) is 0 Å². The Kier molecular flexibility index (Phi) is 3.05. The summed E-state index contributed by atoms with van der Waals surface area (Å²) in [7, 11) is 0. The largest absolute Gasteiger partial charge is 0.328 e. The van der Waals surface area contributed by atoms with E-state index in [2.05, 4.69) is 27.6 Å². The van der Waals surface area contributed by atoms with Gasteiger partial charge in [-0.2, -0.15) is 5.10 Å². The van der Waals surface area contributed by atoms with Gasteiger partial charge in [-0.15, -0.1) is 0 Å². The van der Waals surface area contributed by atoms with Crippen molar-refractivity contribution < 1.29 is 0 Å². The number of aromatic nitrogens is 4. The monoisotopic (exact) mass is 219 g/mol. The van der Waals surface area contributed by atoms with Gasteiger partial charge in [-0.05, 0) is 19.9 Å². The summed E-state index contributed by atoms with van der Waals surface area (Å²) < 4.78 is 4.07. The highest BCUT2D eigenvalue weighted by atomic mass is 15.3. The zero-order chi connectivity index (χ0) is 11.5. The van der Waals surface area contributed by atoms with Crippen LogP contribution in [0.25, 0.3) is 0 Å². The molecule has 0 fully saturated rings. The highest BCUT2D eigenvalue weighted by Crippen LogP contribution is 2.08. The Morgan fingerprint density at radius 1 is 1.44 bits per heavy atom. The maximum atomic E-state index is 5.62. The predicted octanol–water partition coefficient (Wildman–Crippen LogP) is 0.915. The summed E-state index contributed by atoms with van der Waals surface area (Å²) in [6, 6.07) is 2.10. The second-order valence-electron chi connectivity index (χ2n) is 3.77. The highest BCUT2D eigenvalue weighted by molar-refractivity contribution is 5.10. The van der Waals surface area contributed by atoms with E-state index in [1.165, 1.54) is 5.69 Å². The molecule has 0 amide bonds. The first-order chi connectivity index (χ1) is 7.74. The molecule has 0 bridgehead atoms. The van der Waals surface area contributed by atoms with Crippen molar-refractivity contribution in [1.82, 2.24) is 19.3 Å². The van der Waals surface area contributed by atoms with Crippen LogP contribution in [0.4, 0.5) is 0 Å². The lowest BCUT2D eigenvalue weighted by atomic mass is 10.3. The molecule has 0 radical (unpaired) electrons. The van der Waals surface area contributed by atoms with Crippen molar-refractivity contribution in [2.24, 2.45) is 5.73 Å². The molecule has 5 nitrogen and oxygen atoms in total. The van der Waals surface area contributed by atoms with Crippen molar-refractivity contribution >= 4 is 0 Å². The molecule has 0 aromatic carbocycles. The van der Waals surface area contributed by atoms with E-state index in [0.29, 0.717) is 6.54 Å². The molecule has 2 N–H and O–H groups in total. The number of imidazole rings is 1. The van der Waals surface area contributed by atoms with Gasteiger partial charge in [-0.3, -0.25) is 4.68 Å². The van der Waals surface area contributed by atoms with Crippen LogP contribution in [0.2, 0.25) is 0 Å². The van der Waals surface area contributed by atoms with Crippen LogP contribution in [0, 0.1) is 6.92 Å². The van der Waals surface area contributed by atoms with Crippen LogP contribution < -0.4 is 5.73 Å². The fraction of sp³-hybridized carbons (Fsp3) is 0.455. The van der Waals surface area contributed by atoms with Crippen LogP contribution in [0.1, 0.15) is 24.1 Å². The van der Waals surface area contributed by atoms with Gasteiger partial charge in [0.15, 0.2) is 0 Å². The summed E-state index contributed by atoms with van der Waals surface area (Å²) in [5, 5.41) is 4.42. The van der Waals surface area contributed by atoms with Crippen molar-refractivity contribution in [2.75, 3.05) is 0 Å². The van der Waals surface area contributed by atoms with Gasteiger partial charge >= 0.3 is 0 Å². The fourth-order valence-electron chi connectivity index (χ4n) is 1.85. The number of hydrogen-bond donors (Lipinski definition) is 1. The van der Waals surface area contributed by atoms with Crippen molar-refractivity contribution in [1.29, 1.82) is 0 Å². The molecular weight excluding hydrogens is 202 g/mol. The number of hydrogen-bond acceptors (Lipinski definition) is 3. The Hall–Kier alpha value is -1.62. The van der Waals surface area contributed by atoms with Crippen molar-refractivity contribution in [3.05, 3.63) is 35.7 Å². The van der Waals surface area contributed by atoms with Crippen LogP contribution in [0.5, 0.6) is 0 Å². The van der Waals surface area contributed by atoms with Crippen LogP contribution in [0.15, 0.2) is 18.5 Å². The van der Waals surface area contributed by atoms with Gasteiger partial charge in [-0.1, -0.05) is 0 Å². The molecule has 2 aromatic heterocycles. The molecule has 0 unspecified atom stereocenters. The minimum Gasteiger partial charge on any atom is -0.328 e. The first kappa shape index (κ1) is 10.9. The van der Waals surface area contributed by atoms with Gasteiger partial charge in [0.25, 0.3) is 0 Å². The van der Waals surface area contributed by atoms with Gasteiger partial charge in [0.2, 0.25) is 0 Å². The predicted molar refractivity (Wildman–Crippen MR) is 61.9 cm³/mol. The standard InChI is InChI=1S/C11H17N5/c1-3-16-10(6-9(2)14-16)8-15-5-4-13-11(15)7-12/h4-6H,3,7-8,12H2,1-2H3. The normalized spacial score (nSPS) is 10.9. The number of nitrogens with two attached hydrogens (primary N) is 1. The minimum atomic E-state index is 0.465. The second-order valence-corrected chi connectivity index (χ2v) is 3.77. The van der Waals surface area contributed by atoms with E-state index in [4.69, 9.17) is 5.73 Å². The molecule has 2 rings (SSSR count). The van der Waals surface area contributed by atoms with Crippen molar-refractivity contribution in [2.45, 2.75) is 33.5 Å². The van der Waals surface area contributed by atoms with E-state index in [1.807, 2.05) is 17.8 Å². The molecule has 0 atom stereocenters. The lowest BCUT2D eigenvalue weighted by molar-refractivity contribution is 0.588. The maximum Gasteiger partial charge on any atom is 0.122 e. The average Bonchev–Trinajstić information content (AvgIpc) is 2.85. The SMILES string of the molecule is CCn1nc(C)cc1Cn1ccnc1CN. The van der Waals surface area contributed by atoms with Gasteiger partial charge in [0.05, 0.1) is 24.5 Å². The van der Waals surface area contributed by atoms with E-state index in [1.54, 1.807) is 6.20 Å². The molecule has 0 aliphatic carbocycles. The Morgan fingerprint density at radius 2 is 2.25 bits per heavy atom. The minimum absolute atomic E-state index is 0.465. The third-order valence-corrected chi connectivity index (χ3v) is 2.60. The smallest absolute Gasteiger partial charge is 0.122 e. The Balaban J connectivity index is 2.26. The summed E-state index contributed by atoms with van der Waals surface area (Å²) in [5.74, 6) is 0.904. The summed E-state index contributed by atoms with van der Waals surface area (Å²) in [4.78, 5) is 4.20. The molecule has 16 heavy (non-hydrogen) atoms. The molecule has 5 heteroatoms. The first-order valence-corrected chi connectivity index (χ1v) is 5.48. The molecule has 0 spiro atoms. The summed E-state index contributed by atoms with van der Waals surface area (Å²) >= 11 is 0. The van der Waals surface area contributed by atoms with Gasteiger partial charge in [0, 0.05) is 18.9 Å². The molecule has 2 aromatic rings. The molecule has 0 saturated heterocycles. The second kappa shape index (κ2) is 4.49. The van der Waals surface area contributed by atoms with E-state index < -0.39 is 0 Å². The quantitative estimate of drug-likeness (QED) is 0.831.